The summed E-state index contributed by atoms with van der Waals surface area (Å²) in [5, 5.41) is 0. The van der Waals surface area contributed by atoms with E-state index in [4.69, 9.17) is 4.74 Å². The fourth-order valence-corrected chi connectivity index (χ4v) is 5.27. The van der Waals surface area contributed by atoms with Crippen LogP contribution in [-0.2, 0) is 11.3 Å². The molecule has 34 heavy (non-hydrogen) atoms. The van der Waals surface area contributed by atoms with E-state index in [1.165, 1.54) is 35.4 Å². The lowest BCUT2D eigenvalue weighted by atomic mass is 9.87. The Kier molecular flexibility index (Phi) is 7.05. The van der Waals surface area contributed by atoms with Crippen molar-refractivity contribution in [1.29, 1.82) is 0 Å². The molecular weight excluding hydrogens is 428 g/mol. The number of ether oxygens (including phenoxy) is 1. The summed E-state index contributed by atoms with van der Waals surface area (Å²) in [4.78, 5) is 2.54. The number of allylic oxidation sites excluding steroid dienone is 1. The largest absolute Gasteiger partial charge is 0.493 e. The van der Waals surface area contributed by atoms with Gasteiger partial charge in [-0.05, 0) is 97.9 Å². The van der Waals surface area contributed by atoms with Crippen LogP contribution in [0.1, 0.15) is 53.9 Å². The van der Waals surface area contributed by atoms with Crippen molar-refractivity contribution in [3.05, 3.63) is 112 Å². The second-order valence-corrected chi connectivity index (χ2v) is 9.45. The third kappa shape index (κ3) is 5.39. The second kappa shape index (κ2) is 10.5. The van der Waals surface area contributed by atoms with Crippen LogP contribution in [0.5, 0.6) is 0 Å². The molecule has 1 fully saturated rings. The highest BCUT2D eigenvalue weighted by atomic mass is 19.1. The molecule has 0 spiro atoms. The Balaban J connectivity index is 1.16. The van der Waals surface area contributed by atoms with Crippen molar-refractivity contribution < 1.29 is 13.5 Å². The molecule has 0 aromatic heterocycles. The Morgan fingerprint density at radius 3 is 2.09 bits per heavy atom. The van der Waals surface area contributed by atoms with Gasteiger partial charge in [0.25, 0.3) is 0 Å². The molecular formula is C30H31F2NO. The zero-order valence-electron chi connectivity index (χ0n) is 19.4. The Labute approximate surface area is 200 Å². The molecule has 0 bridgehead atoms. The van der Waals surface area contributed by atoms with Gasteiger partial charge in [0.1, 0.15) is 24.0 Å². The van der Waals surface area contributed by atoms with Crippen LogP contribution >= 0.6 is 0 Å². The van der Waals surface area contributed by atoms with Gasteiger partial charge in [-0.15, -0.1) is 0 Å². The van der Waals surface area contributed by atoms with E-state index >= 15 is 0 Å². The number of likely N-dealkylation sites (tertiary alicyclic amines) is 1. The van der Waals surface area contributed by atoms with Crippen molar-refractivity contribution in [1.82, 2.24) is 4.90 Å². The van der Waals surface area contributed by atoms with Crippen LogP contribution in [0, 0.1) is 17.6 Å². The van der Waals surface area contributed by atoms with Crippen molar-refractivity contribution in [3.63, 3.8) is 0 Å². The maximum atomic E-state index is 13.5. The van der Waals surface area contributed by atoms with Crippen molar-refractivity contribution in [2.45, 2.75) is 38.2 Å². The molecule has 0 atom stereocenters. The first-order valence-electron chi connectivity index (χ1n) is 12.3. The molecule has 1 saturated heterocycles. The van der Waals surface area contributed by atoms with Gasteiger partial charge in [0.05, 0.1) is 0 Å². The van der Waals surface area contributed by atoms with Gasteiger partial charge in [-0.3, -0.25) is 0 Å². The van der Waals surface area contributed by atoms with Crippen LogP contribution < -0.4 is 0 Å². The fourth-order valence-electron chi connectivity index (χ4n) is 5.27. The van der Waals surface area contributed by atoms with Gasteiger partial charge in [-0.25, -0.2) is 8.78 Å². The summed E-state index contributed by atoms with van der Waals surface area (Å²) in [5.74, 6) is 1.32. The van der Waals surface area contributed by atoms with E-state index in [1.54, 1.807) is 0 Å². The van der Waals surface area contributed by atoms with E-state index in [0.717, 1.165) is 62.2 Å². The first-order chi connectivity index (χ1) is 16.7. The minimum atomic E-state index is -0.231. The Bertz CT molecular complexity index is 1070. The van der Waals surface area contributed by atoms with Crippen LogP contribution in [0.15, 0.2) is 78.6 Å². The van der Waals surface area contributed by atoms with E-state index in [-0.39, 0.29) is 17.6 Å². The van der Waals surface area contributed by atoms with Gasteiger partial charge < -0.3 is 9.64 Å². The molecule has 0 radical (unpaired) electrons. The molecule has 0 unspecified atom stereocenters. The average molecular weight is 460 g/mol. The van der Waals surface area contributed by atoms with E-state index in [0.29, 0.717) is 12.5 Å². The van der Waals surface area contributed by atoms with Crippen LogP contribution in [0.4, 0.5) is 8.78 Å². The molecule has 0 saturated carbocycles. The lowest BCUT2D eigenvalue weighted by Crippen LogP contribution is -2.35. The Morgan fingerprint density at radius 1 is 0.824 bits per heavy atom. The number of hydrogen-bond donors (Lipinski definition) is 0. The van der Waals surface area contributed by atoms with E-state index in [2.05, 4.69) is 35.2 Å². The Hall–Kier alpha value is -2.98. The number of hydrogen-bond acceptors (Lipinski definition) is 2. The molecule has 2 aliphatic heterocycles. The van der Waals surface area contributed by atoms with Crippen molar-refractivity contribution in [3.8, 4) is 0 Å². The molecule has 0 N–H and O–H groups in total. The molecule has 2 aliphatic rings. The molecule has 5 rings (SSSR count). The summed E-state index contributed by atoms with van der Waals surface area (Å²) >= 11 is 0. The maximum Gasteiger partial charge on any atom is 0.123 e. The van der Waals surface area contributed by atoms with Gasteiger partial charge in [0.2, 0.25) is 0 Å². The van der Waals surface area contributed by atoms with Crippen molar-refractivity contribution >= 4 is 6.08 Å². The molecule has 176 valence electrons. The molecule has 4 heteroatoms. The molecule has 3 aromatic carbocycles. The number of halogens is 2. The van der Waals surface area contributed by atoms with Gasteiger partial charge in [-0.2, -0.15) is 0 Å². The molecule has 2 nitrogen and oxygen atoms in total. The predicted octanol–water partition coefficient (Wildman–Crippen LogP) is 7.16. The highest BCUT2D eigenvalue weighted by molar-refractivity contribution is 5.57. The van der Waals surface area contributed by atoms with Gasteiger partial charge >= 0.3 is 0 Å². The minimum absolute atomic E-state index is 0.139. The minimum Gasteiger partial charge on any atom is -0.493 e. The zero-order valence-corrected chi connectivity index (χ0v) is 19.4. The van der Waals surface area contributed by atoms with Crippen LogP contribution in [-0.4, -0.2) is 24.5 Å². The summed E-state index contributed by atoms with van der Waals surface area (Å²) < 4.78 is 33.0. The second-order valence-electron chi connectivity index (χ2n) is 9.45. The van der Waals surface area contributed by atoms with Gasteiger partial charge in [0.15, 0.2) is 0 Å². The van der Waals surface area contributed by atoms with Crippen molar-refractivity contribution in [2.24, 2.45) is 5.92 Å². The monoisotopic (exact) mass is 459 g/mol. The van der Waals surface area contributed by atoms with E-state index < -0.39 is 0 Å². The standard InChI is InChI=1S/C30H31F2NO/c31-27-11-7-22(8-12-27)29(23-9-13-28(32)14-10-23)6-3-17-33-18-15-24(16-19-33)30-20-25-4-1-2-5-26(25)21-34-30/h1-2,4-5,7-14,20,24,29H,3,6,15-19,21H2. The number of rotatable bonds is 7. The third-order valence-corrected chi connectivity index (χ3v) is 7.25. The highest BCUT2D eigenvalue weighted by Crippen LogP contribution is 2.33. The van der Waals surface area contributed by atoms with E-state index in [9.17, 15) is 8.78 Å². The first-order valence-corrected chi connectivity index (χ1v) is 12.3. The zero-order chi connectivity index (χ0) is 23.3. The maximum absolute atomic E-state index is 13.5. The lowest BCUT2D eigenvalue weighted by Gasteiger charge is -2.34. The molecule has 2 heterocycles. The number of piperidine rings is 1. The number of nitrogens with zero attached hydrogens (tertiary/aromatic N) is 1. The van der Waals surface area contributed by atoms with E-state index in [1.807, 2.05) is 24.3 Å². The topological polar surface area (TPSA) is 12.5 Å². The summed E-state index contributed by atoms with van der Waals surface area (Å²) in [6.45, 7) is 3.86. The SMILES string of the molecule is Fc1ccc(C(CCCN2CCC(C3=Cc4ccccc4CO3)CC2)c2ccc(F)cc2)cc1. The summed E-state index contributed by atoms with van der Waals surface area (Å²) in [6, 6.07) is 21.9. The summed E-state index contributed by atoms with van der Waals surface area (Å²) in [6.07, 6.45) is 6.45. The molecule has 0 amide bonds. The normalized spacial score (nSPS) is 16.7. The Morgan fingerprint density at radius 2 is 1.44 bits per heavy atom. The average Bonchev–Trinajstić information content (AvgIpc) is 2.88. The fraction of sp³-hybridized carbons (Fsp3) is 0.333. The predicted molar refractivity (Wildman–Crippen MR) is 132 cm³/mol. The smallest absolute Gasteiger partial charge is 0.123 e. The van der Waals surface area contributed by atoms with Crippen LogP contribution in [0.3, 0.4) is 0 Å². The highest BCUT2D eigenvalue weighted by Gasteiger charge is 2.25. The van der Waals surface area contributed by atoms with Crippen molar-refractivity contribution in [2.75, 3.05) is 19.6 Å². The summed E-state index contributed by atoms with van der Waals surface area (Å²) in [5.41, 5.74) is 4.71. The number of benzene rings is 3. The van der Waals surface area contributed by atoms with Crippen LogP contribution in [0.2, 0.25) is 0 Å². The summed E-state index contributed by atoms with van der Waals surface area (Å²) in [7, 11) is 0. The third-order valence-electron chi connectivity index (χ3n) is 7.25. The molecule has 3 aromatic rings. The van der Waals surface area contributed by atoms with Crippen LogP contribution in [0.25, 0.3) is 6.08 Å². The quantitative estimate of drug-likeness (QED) is 0.372. The molecule has 0 aliphatic carbocycles. The lowest BCUT2D eigenvalue weighted by molar-refractivity contribution is 0.120. The first kappa shape index (κ1) is 22.8. The van der Waals surface area contributed by atoms with Gasteiger partial charge in [0, 0.05) is 11.8 Å². The number of fused-ring (bicyclic) bond motifs is 1. The van der Waals surface area contributed by atoms with Gasteiger partial charge in [-0.1, -0.05) is 48.5 Å².